The topological polar surface area (TPSA) is 30.9 Å². The Kier molecular flexibility index (Phi) is 10.5. The number of para-hydroxylation sites is 5. The van der Waals surface area contributed by atoms with Crippen LogP contribution in [0.4, 0.5) is 17.1 Å². The van der Waals surface area contributed by atoms with Crippen LogP contribution in [0.2, 0.25) is 0 Å². The Balaban J connectivity index is 0.00000462. The maximum Gasteiger partial charge on any atom is 0.168 e. The minimum Gasteiger partial charge on any atom is -0.358 e. The molecule has 0 radical (unpaired) electrons. The van der Waals surface area contributed by atoms with Gasteiger partial charge in [-0.2, -0.15) is 16.7 Å². The van der Waals surface area contributed by atoms with Crippen molar-refractivity contribution in [2.45, 2.75) is 39.5 Å². The number of aromatic nitrogens is 4. The third-order valence-electron chi connectivity index (χ3n) is 11.4. The van der Waals surface area contributed by atoms with Gasteiger partial charge in [0.25, 0.3) is 0 Å². The second-order valence-corrected chi connectivity index (χ2v) is 15.8. The fourth-order valence-corrected chi connectivity index (χ4v) is 8.63. The summed E-state index contributed by atoms with van der Waals surface area (Å²) in [6.45, 7) is 9.12. The van der Waals surface area contributed by atoms with E-state index < -0.39 is 0 Å². The SMILES string of the molecule is CC(C)c1cccc(C(C)C)c1-c1ccnc(-n2c3[c-]c(N(c4[c-]c(-n5[cH+]n(-c6ccccc6)c6ccccc65)ccc4)c4ccccc4)ccc3c3ccccc32)c1.[Pt]. The minimum atomic E-state index is 0. The largest absolute Gasteiger partial charge is 0.358 e. The van der Waals surface area contributed by atoms with Crippen molar-refractivity contribution in [2.75, 3.05) is 4.90 Å². The Morgan fingerprint density at radius 2 is 1.17 bits per heavy atom. The third-order valence-corrected chi connectivity index (χ3v) is 11.4. The molecule has 3 aromatic heterocycles. The fraction of sp³-hybridized carbons (Fsp3) is 0.111. The van der Waals surface area contributed by atoms with Crippen LogP contribution in [-0.2, 0) is 21.1 Å². The Morgan fingerprint density at radius 3 is 1.88 bits per heavy atom. The van der Waals surface area contributed by atoms with Gasteiger partial charge in [-0.15, -0.1) is 29.7 Å². The Labute approximate surface area is 366 Å². The number of imidazole rings is 1. The summed E-state index contributed by atoms with van der Waals surface area (Å²) in [6, 6.07) is 67.8. The van der Waals surface area contributed by atoms with Crippen molar-refractivity contribution < 1.29 is 21.1 Å². The Hall–Kier alpha value is -6.55. The number of benzene rings is 7. The molecule has 0 saturated heterocycles. The van der Waals surface area contributed by atoms with Crippen LogP contribution in [0.5, 0.6) is 0 Å². The molecule has 7 aromatic carbocycles. The normalized spacial score (nSPS) is 11.5. The van der Waals surface area contributed by atoms with Gasteiger partial charge in [-0.3, -0.25) is 0 Å². The van der Waals surface area contributed by atoms with E-state index in [4.69, 9.17) is 4.98 Å². The summed E-state index contributed by atoms with van der Waals surface area (Å²) in [5.41, 5.74) is 14.3. The number of pyridine rings is 1. The second-order valence-electron chi connectivity index (χ2n) is 15.8. The van der Waals surface area contributed by atoms with E-state index in [2.05, 4.69) is 235 Å². The second kappa shape index (κ2) is 16.2. The predicted molar refractivity (Wildman–Crippen MR) is 245 cm³/mol. The average Bonchev–Trinajstić information content (AvgIpc) is 3.83. The van der Waals surface area contributed by atoms with Crippen LogP contribution < -0.4 is 4.90 Å². The maximum atomic E-state index is 5.06. The molecule has 0 amide bonds. The molecule has 0 aliphatic rings. The van der Waals surface area contributed by atoms with Crippen molar-refractivity contribution in [1.29, 1.82) is 0 Å². The van der Waals surface area contributed by atoms with E-state index in [1.165, 1.54) is 22.3 Å². The predicted octanol–water partition coefficient (Wildman–Crippen LogP) is 14.2. The first-order valence-corrected chi connectivity index (χ1v) is 20.4. The van der Waals surface area contributed by atoms with Crippen LogP contribution in [0.25, 0.3) is 61.2 Å². The van der Waals surface area contributed by atoms with E-state index in [-0.39, 0.29) is 21.1 Å². The molecule has 3 heterocycles. The van der Waals surface area contributed by atoms with Crippen molar-refractivity contribution >= 4 is 49.9 Å². The number of anilines is 3. The summed E-state index contributed by atoms with van der Waals surface area (Å²) in [5, 5.41) is 2.28. The fourth-order valence-electron chi connectivity index (χ4n) is 8.63. The van der Waals surface area contributed by atoms with E-state index in [1.54, 1.807) is 0 Å². The summed E-state index contributed by atoms with van der Waals surface area (Å²) >= 11 is 0. The molecule has 0 N–H and O–H groups in total. The molecule has 10 aromatic rings. The zero-order valence-electron chi connectivity index (χ0n) is 34.0. The van der Waals surface area contributed by atoms with Gasteiger partial charge in [0, 0.05) is 56.3 Å². The number of nitrogens with zero attached hydrogens (tertiary/aromatic N) is 5. The molecule has 0 atom stereocenters. The van der Waals surface area contributed by atoms with Crippen LogP contribution in [-0.4, -0.2) is 18.7 Å². The van der Waals surface area contributed by atoms with Gasteiger partial charge in [-0.1, -0.05) is 136 Å². The first-order chi connectivity index (χ1) is 28.9. The van der Waals surface area contributed by atoms with Crippen molar-refractivity contribution in [1.82, 2.24) is 18.7 Å². The van der Waals surface area contributed by atoms with Crippen LogP contribution in [0.3, 0.4) is 0 Å². The maximum absolute atomic E-state index is 5.06. The van der Waals surface area contributed by atoms with Crippen LogP contribution in [0.15, 0.2) is 182 Å². The summed E-state index contributed by atoms with van der Waals surface area (Å²) < 4.78 is 6.74. The van der Waals surface area contributed by atoms with E-state index in [9.17, 15) is 0 Å². The van der Waals surface area contributed by atoms with Crippen molar-refractivity contribution in [3.63, 3.8) is 0 Å². The van der Waals surface area contributed by atoms with Crippen LogP contribution >= 0.6 is 0 Å². The molecular weight excluding hydrogens is 914 g/mol. The first-order valence-electron chi connectivity index (χ1n) is 20.4. The monoisotopic (exact) mass is 957 g/mol. The molecule has 0 unspecified atom stereocenters. The molecule has 0 saturated carbocycles. The molecule has 296 valence electrons. The van der Waals surface area contributed by atoms with Gasteiger partial charge in [-0.05, 0) is 81.9 Å². The number of hydrogen-bond acceptors (Lipinski definition) is 2. The van der Waals surface area contributed by atoms with E-state index >= 15 is 0 Å². The molecule has 0 fully saturated rings. The third kappa shape index (κ3) is 6.83. The van der Waals surface area contributed by atoms with Crippen molar-refractivity contribution in [3.8, 4) is 28.3 Å². The quantitative estimate of drug-likeness (QED) is 0.135. The van der Waals surface area contributed by atoms with Crippen LogP contribution in [0, 0.1) is 12.1 Å². The molecule has 0 aliphatic carbocycles. The van der Waals surface area contributed by atoms with Crippen molar-refractivity contribution in [2.24, 2.45) is 0 Å². The summed E-state index contributed by atoms with van der Waals surface area (Å²) in [7, 11) is 0. The van der Waals surface area contributed by atoms with E-state index in [0.29, 0.717) is 11.8 Å². The van der Waals surface area contributed by atoms with Crippen molar-refractivity contribution in [3.05, 3.63) is 206 Å². The summed E-state index contributed by atoms with van der Waals surface area (Å²) in [4.78, 5) is 7.31. The minimum absolute atomic E-state index is 0. The zero-order valence-corrected chi connectivity index (χ0v) is 36.3. The van der Waals surface area contributed by atoms with Gasteiger partial charge in [0.05, 0.1) is 0 Å². The molecule has 0 spiro atoms. The van der Waals surface area contributed by atoms with Gasteiger partial charge in [0.1, 0.15) is 11.5 Å². The average molecular weight is 958 g/mol. The number of hydrogen-bond donors (Lipinski definition) is 0. The number of fused-ring (bicyclic) bond motifs is 4. The first kappa shape index (κ1) is 38.9. The van der Waals surface area contributed by atoms with Crippen LogP contribution in [0.1, 0.15) is 50.7 Å². The Bertz CT molecular complexity index is 3100. The van der Waals surface area contributed by atoms with Gasteiger partial charge in [0.2, 0.25) is 0 Å². The molecule has 0 aliphatic heterocycles. The zero-order chi connectivity index (χ0) is 40.0. The van der Waals surface area contributed by atoms with E-state index in [1.807, 2.05) is 6.20 Å². The van der Waals surface area contributed by atoms with Gasteiger partial charge in [-0.25, -0.2) is 9.55 Å². The van der Waals surface area contributed by atoms with Gasteiger partial charge in [0.15, 0.2) is 17.4 Å². The van der Waals surface area contributed by atoms with Gasteiger partial charge >= 0.3 is 0 Å². The molecule has 60 heavy (non-hydrogen) atoms. The molecule has 5 nitrogen and oxygen atoms in total. The number of rotatable bonds is 9. The molecule has 10 rings (SSSR count). The smallest absolute Gasteiger partial charge is 0.168 e. The van der Waals surface area contributed by atoms with E-state index in [0.717, 1.165) is 67.1 Å². The molecule has 0 bridgehead atoms. The summed E-state index contributed by atoms with van der Waals surface area (Å²) in [6.07, 6.45) is 4.11. The molecular formula is C54H44N5Pt-. The standard InChI is InChI=1S/C54H44N5.Pt/c1-37(2)45-24-16-25-46(38(3)4)54(45)39-31-32-55-53(33-39)59-49-26-12-11-23-47(49)48-30-29-44(35-52(48)59)58(41-19-9-6-10-20-41)43-22-15-21-42(34-43)57-36-56(40-17-7-5-8-18-40)50-27-13-14-28-51(50)57;/h5-33,36-38H,1-4H3;/q-1;. The van der Waals surface area contributed by atoms with Gasteiger partial charge < -0.3 is 9.47 Å². The summed E-state index contributed by atoms with van der Waals surface area (Å²) in [5.74, 6) is 1.62. The Morgan fingerprint density at radius 1 is 0.550 bits per heavy atom. The molecule has 6 heteroatoms.